The standard InChI is InChI=1S/C17H14O7/c1-22-9-5-10(17(21)23-2)14-13(6-9)24-12-4-8(7-18)3-11(19)15(12)16(14)20/h3-6,18-19H,7H2,1-2H3. The molecule has 2 aromatic carbocycles. The van der Waals surface area contributed by atoms with Crippen molar-refractivity contribution in [3.05, 3.63) is 45.6 Å². The number of methoxy groups -OCH3 is 2. The van der Waals surface area contributed by atoms with Crippen LogP contribution in [0.1, 0.15) is 15.9 Å². The highest BCUT2D eigenvalue weighted by molar-refractivity contribution is 6.06. The number of aliphatic hydroxyl groups is 1. The zero-order chi connectivity index (χ0) is 17.4. The van der Waals surface area contributed by atoms with E-state index in [0.29, 0.717) is 11.3 Å². The van der Waals surface area contributed by atoms with Crippen LogP contribution in [0.2, 0.25) is 0 Å². The molecule has 7 heteroatoms. The van der Waals surface area contributed by atoms with Crippen LogP contribution in [-0.4, -0.2) is 30.4 Å². The number of rotatable bonds is 3. The Hall–Kier alpha value is -3.06. The first-order valence-electron chi connectivity index (χ1n) is 6.99. The van der Waals surface area contributed by atoms with Crippen LogP contribution in [0.25, 0.3) is 21.9 Å². The molecule has 7 nitrogen and oxygen atoms in total. The molecule has 0 amide bonds. The van der Waals surface area contributed by atoms with Gasteiger partial charge >= 0.3 is 5.97 Å². The van der Waals surface area contributed by atoms with Gasteiger partial charge in [-0.25, -0.2) is 4.79 Å². The largest absolute Gasteiger partial charge is 0.507 e. The van der Waals surface area contributed by atoms with Crippen LogP contribution in [0.15, 0.2) is 33.5 Å². The second-order valence-corrected chi connectivity index (χ2v) is 5.12. The molecule has 3 aromatic rings. The monoisotopic (exact) mass is 330 g/mol. The highest BCUT2D eigenvalue weighted by Gasteiger charge is 2.20. The molecule has 0 unspecified atom stereocenters. The van der Waals surface area contributed by atoms with Gasteiger partial charge in [-0.1, -0.05) is 0 Å². The van der Waals surface area contributed by atoms with E-state index in [1.807, 2.05) is 0 Å². The minimum absolute atomic E-state index is 0.0119. The van der Waals surface area contributed by atoms with Gasteiger partial charge in [0.25, 0.3) is 0 Å². The van der Waals surface area contributed by atoms with Crippen LogP contribution >= 0.6 is 0 Å². The van der Waals surface area contributed by atoms with Crippen molar-refractivity contribution in [3.63, 3.8) is 0 Å². The van der Waals surface area contributed by atoms with Crippen molar-refractivity contribution in [3.8, 4) is 11.5 Å². The van der Waals surface area contributed by atoms with Crippen molar-refractivity contribution in [2.75, 3.05) is 14.2 Å². The second-order valence-electron chi connectivity index (χ2n) is 5.12. The quantitative estimate of drug-likeness (QED) is 0.558. The van der Waals surface area contributed by atoms with E-state index in [9.17, 15) is 19.8 Å². The highest BCUT2D eigenvalue weighted by Crippen LogP contribution is 2.31. The van der Waals surface area contributed by atoms with Crippen molar-refractivity contribution in [2.24, 2.45) is 0 Å². The molecule has 1 aromatic heterocycles. The summed E-state index contributed by atoms with van der Waals surface area (Å²) in [6, 6.07) is 5.56. The average molecular weight is 330 g/mol. The van der Waals surface area contributed by atoms with Gasteiger partial charge in [0.05, 0.1) is 31.8 Å². The van der Waals surface area contributed by atoms with E-state index in [2.05, 4.69) is 0 Å². The van der Waals surface area contributed by atoms with Gasteiger partial charge in [0.2, 0.25) is 5.43 Å². The van der Waals surface area contributed by atoms with E-state index in [1.54, 1.807) is 0 Å². The summed E-state index contributed by atoms with van der Waals surface area (Å²) < 4.78 is 15.5. The Kier molecular flexibility index (Phi) is 3.86. The molecular formula is C17H14O7. The van der Waals surface area contributed by atoms with Gasteiger partial charge in [0.15, 0.2) is 0 Å². The van der Waals surface area contributed by atoms with E-state index >= 15 is 0 Å². The second kappa shape index (κ2) is 5.86. The van der Waals surface area contributed by atoms with Crippen molar-refractivity contribution in [1.29, 1.82) is 0 Å². The molecule has 0 spiro atoms. The molecular weight excluding hydrogens is 316 g/mol. The number of phenols is 1. The molecule has 0 bridgehead atoms. The zero-order valence-electron chi connectivity index (χ0n) is 13.0. The van der Waals surface area contributed by atoms with Crippen molar-refractivity contribution >= 4 is 27.9 Å². The third kappa shape index (κ3) is 2.35. The van der Waals surface area contributed by atoms with Gasteiger partial charge in [-0.05, 0) is 23.8 Å². The number of benzene rings is 2. The molecule has 2 N–H and O–H groups in total. The Balaban J connectivity index is 2.52. The van der Waals surface area contributed by atoms with Crippen LogP contribution in [0.5, 0.6) is 11.5 Å². The Bertz CT molecular complexity index is 1020. The fourth-order valence-electron chi connectivity index (χ4n) is 2.59. The highest BCUT2D eigenvalue weighted by atomic mass is 16.5. The van der Waals surface area contributed by atoms with Crippen molar-refractivity contribution in [2.45, 2.75) is 6.61 Å². The number of hydrogen-bond acceptors (Lipinski definition) is 7. The number of carbonyl (C=O) groups excluding carboxylic acids is 1. The Labute approximate surface area is 135 Å². The molecule has 0 atom stereocenters. The predicted molar refractivity (Wildman–Crippen MR) is 85.5 cm³/mol. The third-order valence-electron chi connectivity index (χ3n) is 3.71. The number of aliphatic hydroxyl groups excluding tert-OH is 1. The molecule has 0 aliphatic carbocycles. The van der Waals surface area contributed by atoms with Gasteiger partial charge in [0.1, 0.15) is 28.1 Å². The molecule has 3 rings (SSSR count). The van der Waals surface area contributed by atoms with E-state index in [1.165, 1.54) is 38.5 Å². The zero-order valence-corrected chi connectivity index (χ0v) is 13.0. The first-order valence-corrected chi connectivity index (χ1v) is 6.99. The summed E-state index contributed by atoms with van der Waals surface area (Å²) >= 11 is 0. The summed E-state index contributed by atoms with van der Waals surface area (Å²) in [4.78, 5) is 24.8. The van der Waals surface area contributed by atoms with Crippen molar-refractivity contribution < 1.29 is 28.9 Å². The SMILES string of the molecule is COC(=O)c1cc(OC)cc2oc3cc(CO)cc(O)c3c(=O)c12. The summed E-state index contributed by atoms with van der Waals surface area (Å²) in [5.74, 6) is -0.746. The van der Waals surface area contributed by atoms with Gasteiger partial charge in [-0.2, -0.15) is 0 Å². The average Bonchev–Trinajstić information content (AvgIpc) is 2.59. The molecule has 0 saturated heterocycles. The lowest BCUT2D eigenvalue weighted by Crippen LogP contribution is -2.11. The van der Waals surface area contributed by atoms with Gasteiger partial charge < -0.3 is 24.1 Å². The van der Waals surface area contributed by atoms with E-state index in [-0.39, 0.29) is 39.9 Å². The minimum Gasteiger partial charge on any atom is -0.507 e. The molecule has 0 saturated carbocycles. The third-order valence-corrected chi connectivity index (χ3v) is 3.71. The van der Waals surface area contributed by atoms with E-state index < -0.39 is 11.4 Å². The van der Waals surface area contributed by atoms with Crippen LogP contribution < -0.4 is 10.2 Å². The number of carbonyl (C=O) groups is 1. The Morgan fingerprint density at radius 3 is 2.46 bits per heavy atom. The smallest absolute Gasteiger partial charge is 0.338 e. The lowest BCUT2D eigenvalue weighted by Gasteiger charge is -2.10. The summed E-state index contributed by atoms with van der Waals surface area (Å²) in [6.45, 7) is -0.323. The first kappa shape index (κ1) is 15.8. The first-order chi connectivity index (χ1) is 11.5. The summed E-state index contributed by atoms with van der Waals surface area (Å²) in [5.41, 5.74) is 0.00498. The van der Waals surface area contributed by atoms with E-state index in [0.717, 1.165) is 0 Å². The van der Waals surface area contributed by atoms with Crippen LogP contribution in [0.3, 0.4) is 0 Å². The van der Waals surface area contributed by atoms with Gasteiger partial charge in [-0.15, -0.1) is 0 Å². The van der Waals surface area contributed by atoms with Gasteiger partial charge in [0, 0.05) is 6.07 Å². The number of phenolic OH excluding ortho intramolecular Hbond substituents is 1. The lowest BCUT2D eigenvalue weighted by atomic mass is 10.0. The van der Waals surface area contributed by atoms with E-state index in [4.69, 9.17) is 13.9 Å². The molecule has 0 radical (unpaired) electrons. The predicted octanol–water partition coefficient (Wildman–Crippen LogP) is 1.94. The number of ether oxygens (including phenoxy) is 2. The van der Waals surface area contributed by atoms with Gasteiger partial charge in [-0.3, -0.25) is 4.79 Å². The van der Waals surface area contributed by atoms with Crippen LogP contribution in [0.4, 0.5) is 0 Å². The maximum absolute atomic E-state index is 12.8. The number of esters is 1. The minimum atomic E-state index is -0.725. The topological polar surface area (TPSA) is 106 Å². The molecule has 0 fully saturated rings. The fraction of sp³-hybridized carbons (Fsp3) is 0.176. The van der Waals surface area contributed by atoms with Crippen molar-refractivity contribution in [1.82, 2.24) is 0 Å². The number of aromatic hydroxyl groups is 1. The molecule has 0 aliphatic rings. The number of fused-ring (bicyclic) bond motifs is 2. The molecule has 24 heavy (non-hydrogen) atoms. The summed E-state index contributed by atoms with van der Waals surface area (Å²) in [6.07, 6.45) is 0. The molecule has 0 aliphatic heterocycles. The number of hydrogen-bond donors (Lipinski definition) is 2. The maximum atomic E-state index is 12.8. The van der Waals surface area contributed by atoms with Crippen LogP contribution in [0, 0.1) is 0 Å². The molecule has 1 heterocycles. The van der Waals surface area contributed by atoms with Crippen LogP contribution in [-0.2, 0) is 11.3 Å². The normalized spacial score (nSPS) is 11.0. The maximum Gasteiger partial charge on any atom is 0.338 e. The Morgan fingerprint density at radius 1 is 1.12 bits per heavy atom. The summed E-state index contributed by atoms with van der Waals surface area (Å²) in [5, 5.41) is 19.2. The molecule has 124 valence electrons. The Morgan fingerprint density at radius 2 is 1.83 bits per heavy atom. The lowest BCUT2D eigenvalue weighted by molar-refractivity contribution is 0.0602. The summed E-state index contributed by atoms with van der Waals surface area (Å²) in [7, 11) is 2.61. The fourth-order valence-corrected chi connectivity index (χ4v) is 2.59.